The third kappa shape index (κ3) is 3.16. The summed E-state index contributed by atoms with van der Waals surface area (Å²) < 4.78 is 0. The third-order valence-corrected chi connectivity index (χ3v) is 2.44. The molecule has 1 heterocycles. The number of hydrogen-bond donors (Lipinski definition) is 1. The van der Waals surface area contributed by atoms with Crippen molar-refractivity contribution in [1.29, 1.82) is 0 Å². The van der Waals surface area contributed by atoms with Crippen LogP contribution < -0.4 is 5.32 Å². The average molecular weight is 209 g/mol. The predicted octanol–water partition coefficient (Wildman–Crippen LogP) is 0.801. The molecule has 0 aromatic carbocycles. The second-order valence-corrected chi connectivity index (χ2v) is 3.76. The van der Waals surface area contributed by atoms with E-state index in [1.807, 2.05) is 17.9 Å². The number of rotatable bonds is 3. The van der Waals surface area contributed by atoms with Crippen LogP contribution >= 0.6 is 0 Å². The average Bonchev–Trinajstić information content (AvgIpc) is 2.25. The van der Waals surface area contributed by atoms with Crippen LogP contribution in [0.25, 0.3) is 0 Å². The van der Waals surface area contributed by atoms with Gasteiger partial charge < -0.3 is 10.2 Å². The van der Waals surface area contributed by atoms with Gasteiger partial charge >= 0.3 is 0 Å². The van der Waals surface area contributed by atoms with Gasteiger partial charge in [-0.05, 0) is 20.1 Å². The van der Waals surface area contributed by atoms with Crippen LogP contribution in [0.4, 0.5) is 0 Å². The van der Waals surface area contributed by atoms with E-state index >= 15 is 0 Å². The van der Waals surface area contributed by atoms with Gasteiger partial charge in [-0.1, -0.05) is 13.0 Å². The number of nitrogens with one attached hydrogen (secondary N) is 1. The quantitative estimate of drug-likeness (QED) is 0.552. The molecule has 1 N–H and O–H groups in total. The van der Waals surface area contributed by atoms with E-state index in [9.17, 15) is 4.79 Å². The van der Waals surface area contributed by atoms with Gasteiger partial charge in [0.1, 0.15) is 5.70 Å². The summed E-state index contributed by atoms with van der Waals surface area (Å²) in [7, 11) is 0. The van der Waals surface area contributed by atoms with Crippen molar-refractivity contribution in [3.8, 4) is 0 Å². The van der Waals surface area contributed by atoms with Gasteiger partial charge in [0.2, 0.25) is 0 Å². The third-order valence-electron chi connectivity index (χ3n) is 2.44. The maximum absolute atomic E-state index is 12.0. The van der Waals surface area contributed by atoms with E-state index < -0.39 is 0 Å². The molecule has 1 saturated heterocycles. The first-order chi connectivity index (χ1) is 7.19. The number of allylic oxidation sites excluding steroid dienone is 1. The van der Waals surface area contributed by atoms with Crippen LogP contribution in [0.1, 0.15) is 20.3 Å². The van der Waals surface area contributed by atoms with Crippen molar-refractivity contribution in [3.63, 3.8) is 0 Å². The molecular weight excluding hydrogens is 190 g/mol. The van der Waals surface area contributed by atoms with Crippen LogP contribution in [0.5, 0.6) is 0 Å². The number of carbonyl (C=O) groups is 1. The molecule has 15 heavy (non-hydrogen) atoms. The van der Waals surface area contributed by atoms with Gasteiger partial charge in [-0.2, -0.15) is 0 Å². The van der Waals surface area contributed by atoms with Crippen molar-refractivity contribution in [3.05, 3.63) is 11.8 Å². The topological polar surface area (TPSA) is 44.7 Å². The van der Waals surface area contributed by atoms with Gasteiger partial charge in [0.05, 0.1) is 0 Å². The molecule has 1 unspecified atom stereocenters. The SMILES string of the molecule is C=NC(=CCC)C(=O)N1CCNC(C)C1. The first-order valence-electron chi connectivity index (χ1n) is 5.38. The zero-order chi connectivity index (χ0) is 11.3. The van der Waals surface area contributed by atoms with Crippen LogP contribution in [0.2, 0.25) is 0 Å². The molecular formula is C11H19N3O. The highest BCUT2D eigenvalue weighted by Crippen LogP contribution is 2.07. The smallest absolute Gasteiger partial charge is 0.272 e. The highest BCUT2D eigenvalue weighted by molar-refractivity contribution is 5.93. The number of nitrogens with zero attached hydrogens (tertiary/aromatic N) is 2. The fourth-order valence-electron chi connectivity index (χ4n) is 1.69. The van der Waals surface area contributed by atoms with E-state index in [2.05, 4.69) is 24.0 Å². The Bertz CT molecular complexity index is 273. The van der Waals surface area contributed by atoms with Crippen LogP contribution in [0.3, 0.4) is 0 Å². The lowest BCUT2D eigenvalue weighted by Crippen LogP contribution is -2.51. The van der Waals surface area contributed by atoms with Crippen molar-refractivity contribution < 1.29 is 4.79 Å². The molecule has 0 radical (unpaired) electrons. The Morgan fingerprint density at radius 1 is 1.73 bits per heavy atom. The molecule has 1 fully saturated rings. The second-order valence-electron chi connectivity index (χ2n) is 3.76. The molecule has 4 heteroatoms. The first kappa shape index (κ1) is 11.9. The van der Waals surface area contributed by atoms with Crippen LogP contribution in [0.15, 0.2) is 16.8 Å². The lowest BCUT2D eigenvalue weighted by atomic mass is 10.2. The van der Waals surface area contributed by atoms with Crippen LogP contribution in [-0.2, 0) is 4.79 Å². The minimum Gasteiger partial charge on any atom is -0.334 e. The molecule has 4 nitrogen and oxygen atoms in total. The maximum atomic E-state index is 12.0. The second kappa shape index (κ2) is 5.66. The summed E-state index contributed by atoms with van der Waals surface area (Å²) in [6.07, 6.45) is 2.63. The van der Waals surface area contributed by atoms with E-state index in [1.54, 1.807) is 0 Å². The van der Waals surface area contributed by atoms with Crippen LogP contribution in [-0.4, -0.2) is 43.2 Å². The Morgan fingerprint density at radius 2 is 2.47 bits per heavy atom. The lowest BCUT2D eigenvalue weighted by Gasteiger charge is -2.31. The molecule has 84 valence electrons. The zero-order valence-electron chi connectivity index (χ0n) is 9.49. The molecule has 1 aliphatic rings. The summed E-state index contributed by atoms with van der Waals surface area (Å²) in [5, 5.41) is 3.30. The van der Waals surface area contributed by atoms with E-state index in [0.717, 1.165) is 26.1 Å². The standard InChI is InChI=1S/C11H19N3O/c1-4-5-10(12-3)11(15)14-7-6-13-9(2)8-14/h5,9,13H,3-4,6-8H2,1-2H3. The van der Waals surface area contributed by atoms with E-state index in [1.165, 1.54) is 0 Å². The molecule has 0 aliphatic carbocycles. The Balaban J connectivity index is 2.65. The van der Waals surface area contributed by atoms with Gasteiger partial charge in [-0.3, -0.25) is 9.79 Å². The van der Waals surface area contributed by atoms with Gasteiger partial charge in [-0.25, -0.2) is 0 Å². The van der Waals surface area contributed by atoms with Crippen molar-refractivity contribution in [2.75, 3.05) is 19.6 Å². The van der Waals surface area contributed by atoms with Gasteiger partial charge in [0.25, 0.3) is 5.91 Å². The zero-order valence-corrected chi connectivity index (χ0v) is 9.49. The fraction of sp³-hybridized carbons (Fsp3) is 0.636. The Kier molecular flexibility index (Phi) is 4.49. The number of piperazine rings is 1. The number of carbonyl (C=O) groups excluding carboxylic acids is 1. The first-order valence-corrected chi connectivity index (χ1v) is 5.38. The predicted molar refractivity (Wildman–Crippen MR) is 62.0 cm³/mol. The fourth-order valence-corrected chi connectivity index (χ4v) is 1.69. The number of aliphatic imine (C=N–C) groups is 1. The summed E-state index contributed by atoms with van der Waals surface area (Å²) in [4.78, 5) is 17.6. The summed E-state index contributed by atoms with van der Waals surface area (Å²) in [6, 6.07) is 0.357. The molecule has 1 aliphatic heterocycles. The highest BCUT2D eigenvalue weighted by atomic mass is 16.2. The highest BCUT2D eigenvalue weighted by Gasteiger charge is 2.22. The number of amides is 1. The molecule has 1 rings (SSSR count). The Morgan fingerprint density at radius 3 is 3.00 bits per heavy atom. The molecule has 0 saturated carbocycles. The summed E-state index contributed by atoms with van der Waals surface area (Å²) >= 11 is 0. The summed E-state index contributed by atoms with van der Waals surface area (Å²) in [6.45, 7) is 9.84. The molecule has 0 aromatic rings. The van der Waals surface area contributed by atoms with E-state index in [4.69, 9.17) is 0 Å². The van der Waals surface area contributed by atoms with Crippen LogP contribution in [0, 0.1) is 0 Å². The van der Waals surface area contributed by atoms with Crippen molar-refractivity contribution in [1.82, 2.24) is 10.2 Å². The molecule has 1 atom stereocenters. The van der Waals surface area contributed by atoms with Crippen molar-refractivity contribution in [2.45, 2.75) is 26.3 Å². The Hall–Kier alpha value is -1.16. The van der Waals surface area contributed by atoms with Crippen molar-refractivity contribution in [2.24, 2.45) is 4.99 Å². The van der Waals surface area contributed by atoms with Crippen molar-refractivity contribution >= 4 is 12.6 Å². The van der Waals surface area contributed by atoms with Gasteiger partial charge in [0, 0.05) is 25.7 Å². The summed E-state index contributed by atoms with van der Waals surface area (Å²) in [5.74, 6) is 0.000185. The van der Waals surface area contributed by atoms with E-state index in [0.29, 0.717) is 11.7 Å². The molecule has 0 bridgehead atoms. The summed E-state index contributed by atoms with van der Waals surface area (Å²) in [5.41, 5.74) is 0.478. The monoisotopic (exact) mass is 209 g/mol. The Labute approximate surface area is 91.1 Å². The number of hydrogen-bond acceptors (Lipinski definition) is 3. The van der Waals surface area contributed by atoms with Gasteiger partial charge in [0.15, 0.2) is 0 Å². The minimum absolute atomic E-state index is 0.000185. The lowest BCUT2D eigenvalue weighted by molar-refractivity contribution is -0.128. The molecule has 0 aromatic heterocycles. The van der Waals surface area contributed by atoms with Gasteiger partial charge in [-0.15, -0.1) is 0 Å². The normalized spacial score (nSPS) is 22.7. The molecule has 0 spiro atoms. The molecule has 1 amide bonds. The largest absolute Gasteiger partial charge is 0.334 e. The van der Waals surface area contributed by atoms with E-state index in [-0.39, 0.29) is 5.91 Å². The maximum Gasteiger partial charge on any atom is 0.272 e. The minimum atomic E-state index is 0.000185.